The second-order valence-electron chi connectivity index (χ2n) is 5.13. The molecule has 1 fully saturated rings. The van der Waals surface area contributed by atoms with Gasteiger partial charge in [-0.1, -0.05) is 19.9 Å². The first-order valence-electron chi connectivity index (χ1n) is 5.62. The molecule has 0 aliphatic heterocycles. The van der Waals surface area contributed by atoms with Crippen LogP contribution in [0.25, 0.3) is 0 Å². The van der Waals surface area contributed by atoms with Crippen molar-refractivity contribution in [3.63, 3.8) is 0 Å². The Hall–Kier alpha value is -1.22. The number of nitrogens with one attached hydrogen (secondary N) is 1. The molecule has 88 valence electrons. The summed E-state index contributed by atoms with van der Waals surface area (Å²) in [5.74, 6) is 0.729. The summed E-state index contributed by atoms with van der Waals surface area (Å²) >= 11 is 0. The highest BCUT2D eigenvalue weighted by atomic mass is 16.5. The van der Waals surface area contributed by atoms with Crippen molar-refractivity contribution >= 4 is 0 Å². The van der Waals surface area contributed by atoms with Crippen molar-refractivity contribution in [1.29, 1.82) is 0 Å². The number of ether oxygens (including phenoxy) is 1. The van der Waals surface area contributed by atoms with Crippen molar-refractivity contribution in [2.24, 2.45) is 5.41 Å². The lowest BCUT2D eigenvalue weighted by Gasteiger charge is -2.08. The van der Waals surface area contributed by atoms with Crippen LogP contribution in [0.5, 0.6) is 11.5 Å². The van der Waals surface area contributed by atoms with Gasteiger partial charge in [0.2, 0.25) is 0 Å². The molecule has 0 bridgehead atoms. The second kappa shape index (κ2) is 3.98. The Morgan fingerprint density at radius 3 is 2.69 bits per heavy atom. The van der Waals surface area contributed by atoms with Crippen LogP contribution in [-0.4, -0.2) is 18.3 Å². The van der Waals surface area contributed by atoms with Crippen molar-refractivity contribution in [3.8, 4) is 11.5 Å². The van der Waals surface area contributed by atoms with E-state index in [0.717, 1.165) is 12.1 Å². The molecule has 0 heterocycles. The minimum atomic E-state index is 0.205. The first-order chi connectivity index (χ1) is 7.53. The maximum absolute atomic E-state index is 9.62. The molecular weight excluding hydrogens is 202 g/mol. The first-order valence-corrected chi connectivity index (χ1v) is 5.62. The lowest BCUT2D eigenvalue weighted by Crippen LogP contribution is -2.19. The second-order valence-corrected chi connectivity index (χ2v) is 5.13. The van der Waals surface area contributed by atoms with Gasteiger partial charge in [0.15, 0.2) is 11.5 Å². The zero-order valence-corrected chi connectivity index (χ0v) is 10.1. The third kappa shape index (κ3) is 2.30. The fourth-order valence-corrected chi connectivity index (χ4v) is 1.90. The molecule has 1 aromatic rings. The third-order valence-electron chi connectivity index (χ3n) is 3.31. The lowest BCUT2D eigenvalue weighted by molar-refractivity contribution is 0.373. The van der Waals surface area contributed by atoms with Crippen LogP contribution in [0.2, 0.25) is 0 Å². The van der Waals surface area contributed by atoms with Gasteiger partial charge < -0.3 is 15.2 Å². The molecule has 2 rings (SSSR count). The highest BCUT2D eigenvalue weighted by Crippen LogP contribution is 2.44. The summed E-state index contributed by atoms with van der Waals surface area (Å²) in [6, 6.07) is 6.13. The van der Waals surface area contributed by atoms with Gasteiger partial charge in [-0.2, -0.15) is 0 Å². The zero-order valence-electron chi connectivity index (χ0n) is 10.1. The van der Waals surface area contributed by atoms with E-state index in [9.17, 15) is 5.11 Å². The minimum Gasteiger partial charge on any atom is -0.504 e. The van der Waals surface area contributed by atoms with Gasteiger partial charge in [0, 0.05) is 12.6 Å². The van der Waals surface area contributed by atoms with Gasteiger partial charge in [0.1, 0.15) is 0 Å². The van der Waals surface area contributed by atoms with E-state index in [0.29, 0.717) is 17.2 Å². The highest BCUT2D eigenvalue weighted by Gasteiger charge is 2.44. The molecule has 3 nitrogen and oxygen atoms in total. The summed E-state index contributed by atoms with van der Waals surface area (Å²) in [6.07, 6.45) is 1.23. The molecule has 0 saturated heterocycles. The van der Waals surface area contributed by atoms with Crippen LogP contribution in [0, 0.1) is 5.41 Å². The Morgan fingerprint density at radius 2 is 2.19 bits per heavy atom. The molecule has 1 aromatic carbocycles. The molecule has 0 radical (unpaired) electrons. The molecule has 0 amide bonds. The zero-order chi connectivity index (χ0) is 11.8. The van der Waals surface area contributed by atoms with Crippen LogP contribution >= 0.6 is 0 Å². The number of methoxy groups -OCH3 is 1. The maximum Gasteiger partial charge on any atom is 0.160 e. The predicted octanol–water partition coefficient (Wildman–Crippen LogP) is 2.29. The summed E-state index contributed by atoms with van der Waals surface area (Å²) in [5, 5.41) is 13.1. The van der Waals surface area contributed by atoms with Crippen molar-refractivity contribution in [3.05, 3.63) is 23.8 Å². The monoisotopic (exact) mass is 221 g/mol. The standard InChI is InChI=1S/C13H19NO2/c1-13(2)7-12(13)14-8-9-4-5-11(16-3)10(15)6-9/h4-6,12,14-15H,7-8H2,1-3H3. The van der Waals surface area contributed by atoms with E-state index in [1.807, 2.05) is 6.07 Å². The van der Waals surface area contributed by atoms with Gasteiger partial charge in [0.05, 0.1) is 7.11 Å². The van der Waals surface area contributed by atoms with Gasteiger partial charge in [-0.15, -0.1) is 0 Å². The smallest absolute Gasteiger partial charge is 0.160 e. The van der Waals surface area contributed by atoms with Gasteiger partial charge in [-0.25, -0.2) is 0 Å². The fourth-order valence-electron chi connectivity index (χ4n) is 1.90. The van der Waals surface area contributed by atoms with Gasteiger partial charge in [-0.3, -0.25) is 0 Å². The average molecular weight is 221 g/mol. The molecule has 1 atom stereocenters. The summed E-state index contributed by atoms with van der Waals surface area (Å²) < 4.78 is 5.00. The first kappa shape index (κ1) is 11.3. The lowest BCUT2D eigenvalue weighted by atomic mass is 10.1. The van der Waals surface area contributed by atoms with E-state index in [1.54, 1.807) is 19.2 Å². The Bertz CT molecular complexity index is 388. The van der Waals surface area contributed by atoms with E-state index in [1.165, 1.54) is 6.42 Å². The van der Waals surface area contributed by atoms with Crippen molar-refractivity contribution < 1.29 is 9.84 Å². The molecule has 1 aliphatic rings. The van der Waals surface area contributed by atoms with Crippen LogP contribution in [-0.2, 0) is 6.54 Å². The Kier molecular flexibility index (Phi) is 2.80. The summed E-state index contributed by atoms with van der Waals surface area (Å²) in [6.45, 7) is 5.32. The number of phenolic OH excluding ortho intramolecular Hbond substituents is 1. The molecule has 1 aliphatic carbocycles. The number of phenols is 1. The molecule has 2 N–H and O–H groups in total. The minimum absolute atomic E-state index is 0.205. The Labute approximate surface area is 96.4 Å². The third-order valence-corrected chi connectivity index (χ3v) is 3.31. The largest absolute Gasteiger partial charge is 0.504 e. The molecule has 0 aromatic heterocycles. The number of rotatable bonds is 4. The topological polar surface area (TPSA) is 41.5 Å². The van der Waals surface area contributed by atoms with Gasteiger partial charge >= 0.3 is 0 Å². The quantitative estimate of drug-likeness (QED) is 0.819. The van der Waals surface area contributed by atoms with E-state index >= 15 is 0 Å². The van der Waals surface area contributed by atoms with Crippen LogP contribution in [0.15, 0.2) is 18.2 Å². The molecular formula is C13H19NO2. The molecule has 16 heavy (non-hydrogen) atoms. The predicted molar refractivity (Wildman–Crippen MR) is 63.7 cm³/mol. The van der Waals surface area contributed by atoms with E-state index in [4.69, 9.17) is 4.74 Å². The molecule has 0 spiro atoms. The van der Waals surface area contributed by atoms with E-state index in [-0.39, 0.29) is 5.75 Å². The van der Waals surface area contributed by atoms with Crippen LogP contribution in [0.4, 0.5) is 0 Å². The molecule has 3 heteroatoms. The fraction of sp³-hybridized carbons (Fsp3) is 0.538. The average Bonchev–Trinajstić information content (AvgIpc) is 2.84. The maximum atomic E-state index is 9.62. The summed E-state index contributed by atoms with van der Waals surface area (Å²) in [5.41, 5.74) is 1.52. The molecule has 1 unspecified atom stereocenters. The Morgan fingerprint density at radius 1 is 1.50 bits per heavy atom. The van der Waals surface area contributed by atoms with Crippen LogP contribution < -0.4 is 10.1 Å². The number of hydrogen-bond donors (Lipinski definition) is 2. The molecule has 1 saturated carbocycles. The summed E-state index contributed by atoms with van der Waals surface area (Å²) in [7, 11) is 1.56. The SMILES string of the molecule is COc1ccc(CNC2CC2(C)C)cc1O. The van der Waals surface area contributed by atoms with Gasteiger partial charge in [-0.05, 0) is 29.5 Å². The summed E-state index contributed by atoms with van der Waals surface area (Å²) in [4.78, 5) is 0. The Balaban J connectivity index is 1.93. The number of aromatic hydroxyl groups is 1. The van der Waals surface area contributed by atoms with Crippen molar-refractivity contribution in [1.82, 2.24) is 5.32 Å². The van der Waals surface area contributed by atoms with E-state index in [2.05, 4.69) is 19.2 Å². The normalized spacial score (nSPS) is 21.8. The van der Waals surface area contributed by atoms with Crippen LogP contribution in [0.3, 0.4) is 0 Å². The number of benzene rings is 1. The van der Waals surface area contributed by atoms with Crippen molar-refractivity contribution in [2.75, 3.05) is 7.11 Å². The van der Waals surface area contributed by atoms with Crippen LogP contribution in [0.1, 0.15) is 25.8 Å². The highest BCUT2D eigenvalue weighted by molar-refractivity contribution is 5.41. The van der Waals surface area contributed by atoms with Gasteiger partial charge in [0.25, 0.3) is 0 Å². The van der Waals surface area contributed by atoms with E-state index < -0.39 is 0 Å². The number of hydrogen-bond acceptors (Lipinski definition) is 3. The van der Waals surface area contributed by atoms with Crippen molar-refractivity contribution in [2.45, 2.75) is 32.9 Å².